The Morgan fingerprint density at radius 3 is 2.52 bits per heavy atom. The molecular formula is C15H16FNO4. The van der Waals surface area contributed by atoms with E-state index in [1.54, 1.807) is 4.90 Å². The fourth-order valence-corrected chi connectivity index (χ4v) is 2.11. The lowest BCUT2D eigenvalue weighted by molar-refractivity contribution is -0.136. The van der Waals surface area contributed by atoms with Crippen LogP contribution in [0.2, 0.25) is 0 Å². The number of halogens is 1. The van der Waals surface area contributed by atoms with Crippen molar-refractivity contribution in [3.05, 3.63) is 29.6 Å². The topological polar surface area (TPSA) is 63.7 Å². The van der Waals surface area contributed by atoms with Gasteiger partial charge in [0.15, 0.2) is 12.4 Å². The lowest BCUT2D eigenvalue weighted by Crippen LogP contribution is -2.41. The standard InChI is InChI=1S/C15H16FNO4/c1-10(18)13-3-2-12(8-14(13)16)21-9-15(20)17-6-4-11(19)5-7-17/h2-3,8H,4-7,9H2,1H3. The number of carbonyl (C=O) groups is 3. The molecule has 1 aliphatic rings. The van der Waals surface area contributed by atoms with Gasteiger partial charge in [-0.2, -0.15) is 0 Å². The zero-order chi connectivity index (χ0) is 15.4. The number of rotatable bonds is 4. The third-order valence-electron chi connectivity index (χ3n) is 3.36. The van der Waals surface area contributed by atoms with Gasteiger partial charge in [-0.25, -0.2) is 4.39 Å². The van der Waals surface area contributed by atoms with Gasteiger partial charge in [0.05, 0.1) is 5.56 Å². The highest BCUT2D eigenvalue weighted by atomic mass is 19.1. The van der Waals surface area contributed by atoms with E-state index in [0.717, 1.165) is 6.07 Å². The molecule has 112 valence electrons. The van der Waals surface area contributed by atoms with Gasteiger partial charge in [-0.05, 0) is 19.1 Å². The third kappa shape index (κ3) is 3.87. The molecular weight excluding hydrogens is 277 g/mol. The van der Waals surface area contributed by atoms with Crippen LogP contribution in [0.5, 0.6) is 5.75 Å². The Morgan fingerprint density at radius 2 is 1.95 bits per heavy atom. The highest BCUT2D eigenvalue weighted by Gasteiger charge is 2.21. The number of ketones is 2. The average molecular weight is 293 g/mol. The summed E-state index contributed by atoms with van der Waals surface area (Å²) in [5.74, 6) is -0.927. The lowest BCUT2D eigenvalue weighted by atomic mass is 10.1. The van der Waals surface area contributed by atoms with Crippen LogP contribution in [0.15, 0.2) is 18.2 Å². The molecule has 0 spiro atoms. The second kappa shape index (κ2) is 6.47. The van der Waals surface area contributed by atoms with Crippen molar-refractivity contribution < 1.29 is 23.5 Å². The first-order chi connectivity index (χ1) is 9.97. The van der Waals surface area contributed by atoms with Crippen molar-refractivity contribution in [3.8, 4) is 5.75 Å². The molecule has 1 aromatic carbocycles. The Morgan fingerprint density at radius 1 is 1.29 bits per heavy atom. The minimum atomic E-state index is -0.670. The third-order valence-corrected chi connectivity index (χ3v) is 3.36. The maximum absolute atomic E-state index is 13.6. The Hall–Kier alpha value is -2.24. The molecule has 1 aromatic rings. The summed E-state index contributed by atoms with van der Waals surface area (Å²) in [7, 11) is 0. The number of piperidine rings is 1. The van der Waals surface area contributed by atoms with E-state index in [-0.39, 0.29) is 35.4 Å². The molecule has 0 radical (unpaired) electrons. The number of nitrogens with zero attached hydrogens (tertiary/aromatic N) is 1. The van der Waals surface area contributed by atoms with Crippen molar-refractivity contribution in [3.63, 3.8) is 0 Å². The molecule has 0 saturated carbocycles. The minimum absolute atomic E-state index is 0.0109. The van der Waals surface area contributed by atoms with E-state index in [2.05, 4.69) is 0 Å². The van der Waals surface area contributed by atoms with Gasteiger partial charge in [-0.3, -0.25) is 14.4 Å². The summed E-state index contributed by atoms with van der Waals surface area (Å²) in [5.41, 5.74) is -0.0109. The second-order valence-electron chi connectivity index (χ2n) is 4.91. The summed E-state index contributed by atoms with van der Waals surface area (Å²) in [6, 6.07) is 3.87. The normalized spacial score (nSPS) is 15.0. The van der Waals surface area contributed by atoms with E-state index >= 15 is 0 Å². The van der Waals surface area contributed by atoms with E-state index in [9.17, 15) is 18.8 Å². The Kier molecular flexibility index (Phi) is 4.67. The molecule has 21 heavy (non-hydrogen) atoms. The van der Waals surface area contributed by atoms with Crippen LogP contribution in [-0.4, -0.2) is 42.1 Å². The second-order valence-corrected chi connectivity index (χ2v) is 4.91. The van der Waals surface area contributed by atoms with E-state index < -0.39 is 5.82 Å². The van der Waals surface area contributed by atoms with Crippen LogP contribution in [0.1, 0.15) is 30.1 Å². The first kappa shape index (κ1) is 15.2. The van der Waals surface area contributed by atoms with Gasteiger partial charge in [0.25, 0.3) is 5.91 Å². The average Bonchev–Trinajstić information content (AvgIpc) is 2.45. The molecule has 1 saturated heterocycles. The van der Waals surface area contributed by atoms with E-state index in [0.29, 0.717) is 25.9 Å². The summed E-state index contributed by atoms with van der Waals surface area (Å²) in [4.78, 5) is 35.6. The number of Topliss-reactive ketones (excluding diaryl/α,β-unsaturated/α-hetero) is 2. The quantitative estimate of drug-likeness (QED) is 0.791. The van der Waals surface area contributed by atoms with Gasteiger partial charge < -0.3 is 9.64 Å². The van der Waals surface area contributed by atoms with Gasteiger partial charge in [0, 0.05) is 32.0 Å². The number of amides is 1. The molecule has 0 atom stereocenters. The number of likely N-dealkylation sites (tertiary alicyclic amines) is 1. The molecule has 1 heterocycles. The number of hydrogen-bond acceptors (Lipinski definition) is 4. The molecule has 1 aliphatic heterocycles. The molecule has 0 unspecified atom stereocenters. The molecule has 0 aliphatic carbocycles. The highest BCUT2D eigenvalue weighted by molar-refractivity contribution is 5.94. The van der Waals surface area contributed by atoms with Crippen LogP contribution in [0.3, 0.4) is 0 Å². The first-order valence-electron chi connectivity index (χ1n) is 6.70. The summed E-state index contributed by atoms with van der Waals surface area (Å²) in [5, 5.41) is 0. The van der Waals surface area contributed by atoms with Gasteiger partial charge in [0.1, 0.15) is 17.3 Å². The lowest BCUT2D eigenvalue weighted by Gasteiger charge is -2.25. The van der Waals surface area contributed by atoms with Crippen molar-refractivity contribution in [1.29, 1.82) is 0 Å². The van der Waals surface area contributed by atoms with Crippen LogP contribution < -0.4 is 4.74 Å². The van der Waals surface area contributed by atoms with Crippen molar-refractivity contribution >= 4 is 17.5 Å². The van der Waals surface area contributed by atoms with Gasteiger partial charge in [0.2, 0.25) is 0 Å². The molecule has 5 nitrogen and oxygen atoms in total. The Bertz CT molecular complexity index is 575. The zero-order valence-electron chi connectivity index (χ0n) is 11.7. The maximum Gasteiger partial charge on any atom is 0.260 e. The van der Waals surface area contributed by atoms with Crippen molar-refractivity contribution in [2.45, 2.75) is 19.8 Å². The summed E-state index contributed by atoms with van der Waals surface area (Å²) < 4.78 is 18.8. The van der Waals surface area contributed by atoms with Crippen LogP contribution >= 0.6 is 0 Å². The molecule has 2 rings (SSSR count). The van der Waals surface area contributed by atoms with Gasteiger partial charge in [-0.15, -0.1) is 0 Å². The Balaban J connectivity index is 1.91. The zero-order valence-corrected chi connectivity index (χ0v) is 11.7. The maximum atomic E-state index is 13.6. The fourth-order valence-electron chi connectivity index (χ4n) is 2.11. The predicted octanol–water partition coefficient (Wildman–Crippen LogP) is 1.60. The summed E-state index contributed by atoms with van der Waals surface area (Å²) in [6.07, 6.45) is 0.737. The van der Waals surface area contributed by atoms with Crippen LogP contribution in [0.4, 0.5) is 4.39 Å². The summed E-state index contributed by atoms with van der Waals surface area (Å²) >= 11 is 0. The van der Waals surface area contributed by atoms with Gasteiger partial charge >= 0.3 is 0 Å². The van der Waals surface area contributed by atoms with E-state index in [1.807, 2.05) is 0 Å². The largest absolute Gasteiger partial charge is 0.484 e. The van der Waals surface area contributed by atoms with Crippen molar-refractivity contribution in [2.75, 3.05) is 19.7 Å². The van der Waals surface area contributed by atoms with Crippen molar-refractivity contribution in [2.24, 2.45) is 0 Å². The van der Waals surface area contributed by atoms with Crippen molar-refractivity contribution in [1.82, 2.24) is 4.90 Å². The van der Waals surface area contributed by atoms with E-state index in [1.165, 1.54) is 19.1 Å². The monoisotopic (exact) mass is 293 g/mol. The first-order valence-corrected chi connectivity index (χ1v) is 6.70. The minimum Gasteiger partial charge on any atom is -0.484 e. The van der Waals surface area contributed by atoms with Crippen LogP contribution in [-0.2, 0) is 9.59 Å². The summed E-state index contributed by atoms with van der Waals surface area (Å²) in [6.45, 7) is 1.87. The molecule has 1 fully saturated rings. The molecule has 6 heteroatoms. The number of benzene rings is 1. The number of ether oxygens (including phenoxy) is 1. The number of carbonyl (C=O) groups excluding carboxylic acids is 3. The molecule has 1 amide bonds. The fraction of sp³-hybridized carbons (Fsp3) is 0.400. The van der Waals surface area contributed by atoms with Crippen LogP contribution in [0.25, 0.3) is 0 Å². The SMILES string of the molecule is CC(=O)c1ccc(OCC(=O)N2CCC(=O)CC2)cc1F. The van der Waals surface area contributed by atoms with E-state index in [4.69, 9.17) is 4.74 Å². The Labute approximate surface area is 121 Å². The molecule has 0 N–H and O–H groups in total. The van der Waals surface area contributed by atoms with Gasteiger partial charge in [-0.1, -0.05) is 0 Å². The highest BCUT2D eigenvalue weighted by Crippen LogP contribution is 2.17. The smallest absolute Gasteiger partial charge is 0.260 e. The van der Waals surface area contributed by atoms with Crippen LogP contribution in [0, 0.1) is 5.82 Å². The molecule has 0 aromatic heterocycles. The molecule has 0 bridgehead atoms. The number of hydrogen-bond donors (Lipinski definition) is 0. The predicted molar refractivity (Wildman–Crippen MR) is 72.7 cm³/mol.